The molecule has 0 bridgehead atoms. The van der Waals surface area contributed by atoms with E-state index in [0.717, 1.165) is 74.6 Å². The van der Waals surface area contributed by atoms with Crippen molar-refractivity contribution in [2.24, 2.45) is 5.92 Å². The average Bonchev–Trinajstić information content (AvgIpc) is 3.61. The standard InChI is InChI=1S/C31H38FN7O2.C3H6.C2H6O/c1-19-12-22(23-17-34-37-25(23)13-19)27-26(32)28-24(16-33-27)29(38(2)9-3-6-20-14-21(40)15-20)36-30(35-28)41-18-31-7-4-10-39(31)11-5-8-31;1-2-3-1;1-3-2/h12-13,16-17,20-21,40H,3-11,14-15,18H2,1-2H3,(H,34,37);1-3H2;1-2H3. The molecule has 0 atom stereocenters. The summed E-state index contributed by atoms with van der Waals surface area (Å²) in [6.45, 7) is 5.46. The van der Waals surface area contributed by atoms with Crippen LogP contribution in [-0.2, 0) is 4.74 Å². The molecule has 8 rings (SSSR count). The van der Waals surface area contributed by atoms with Crippen LogP contribution in [0.3, 0.4) is 0 Å². The molecule has 11 heteroatoms. The van der Waals surface area contributed by atoms with Crippen molar-refractivity contribution in [3.8, 4) is 17.3 Å². The number of nitrogens with one attached hydrogen (secondary N) is 1. The van der Waals surface area contributed by atoms with E-state index in [0.29, 0.717) is 29.3 Å². The van der Waals surface area contributed by atoms with E-state index in [1.807, 2.05) is 26.1 Å². The summed E-state index contributed by atoms with van der Waals surface area (Å²) in [6.07, 6.45) is 16.1. The molecule has 0 radical (unpaired) electrons. The zero-order valence-electron chi connectivity index (χ0n) is 28.4. The fraction of sp³-hybridized carbons (Fsp3) is 0.611. The third-order valence-electron chi connectivity index (χ3n) is 9.91. The van der Waals surface area contributed by atoms with Crippen LogP contribution in [0.15, 0.2) is 24.5 Å². The molecule has 254 valence electrons. The molecule has 47 heavy (non-hydrogen) atoms. The SMILES string of the molecule is C1CC1.COC.Cc1cc(-c2ncc3c(N(C)CCCC4CC(O)C4)nc(OCC45CCCN4CCC5)nc3c2F)c2cn[nH]c2c1. The van der Waals surface area contributed by atoms with Gasteiger partial charge in [0.15, 0.2) is 5.82 Å². The normalized spacial score (nSPS) is 21.0. The number of halogens is 1. The Bertz CT molecular complexity index is 1640. The number of aromatic nitrogens is 5. The lowest BCUT2D eigenvalue weighted by atomic mass is 9.79. The molecule has 4 aliphatic rings. The Morgan fingerprint density at radius 1 is 1.04 bits per heavy atom. The van der Waals surface area contributed by atoms with E-state index in [4.69, 9.17) is 9.72 Å². The lowest BCUT2D eigenvalue weighted by Gasteiger charge is -2.32. The number of methoxy groups -OCH3 is 1. The molecule has 0 unspecified atom stereocenters. The van der Waals surface area contributed by atoms with E-state index < -0.39 is 5.82 Å². The van der Waals surface area contributed by atoms with Gasteiger partial charge in [-0.05, 0) is 95.0 Å². The fourth-order valence-corrected chi connectivity index (χ4v) is 7.28. The van der Waals surface area contributed by atoms with Crippen molar-refractivity contribution in [3.63, 3.8) is 0 Å². The van der Waals surface area contributed by atoms with E-state index >= 15 is 4.39 Å². The van der Waals surface area contributed by atoms with Crippen LogP contribution in [0.1, 0.15) is 76.2 Å². The first-order chi connectivity index (χ1) is 22.8. The van der Waals surface area contributed by atoms with Gasteiger partial charge in [-0.1, -0.05) is 19.3 Å². The van der Waals surface area contributed by atoms with Gasteiger partial charge in [-0.15, -0.1) is 0 Å². The molecule has 2 saturated carbocycles. The number of aliphatic hydroxyl groups excluding tert-OH is 1. The van der Waals surface area contributed by atoms with Gasteiger partial charge in [0.05, 0.1) is 28.7 Å². The molecule has 5 heterocycles. The topological polar surface area (TPSA) is 113 Å². The molecule has 0 amide bonds. The Balaban J connectivity index is 0.000000590. The summed E-state index contributed by atoms with van der Waals surface area (Å²) in [6, 6.07) is 4.14. The molecular weight excluding hydrogens is 597 g/mol. The highest BCUT2D eigenvalue weighted by Gasteiger charge is 2.45. The number of ether oxygens (including phenoxy) is 2. The highest BCUT2D eigenvalue weighted by Crippen LogP contribution is 2.40. The average molecular weight is 648 g/mol. The minimum absolute atomic E-state index is 0.0358. The fourth-order valence-electron chi connectivity index (χ4n) is 7.28. The molecule has 2 saturated heterocycles. The number of aliphatic hydroxyl groups is 1. The number of rotatable bonds is 9. The zero-order chi connectivity index (χ0) is 33.0. The van der Waals surface area contributed by atoms with Gasteiger partial charge in [0.2, 0.25) is 0 Å². The van der Waals surface area contributed by atoms with Crippen molar-refractivity contribution in [1.82, 2.24) is 30.0 Å². The maximum Gasteiger partial charge on any atom is 0.319 e. The quantitative estimate of drug-likeness (QED) is 0.212. The van der Waals surface area contributed by atoms with E-state index in [1.165, 1.54) is 32.1 Å². The number of pyridine rings is 1. The largest absolute Gasteiger partial charge is 0.461 e. The summed E-state index contributed by atoms with van der Waals surface area (Å²) in [7, 11) is 5.23. The summed E-state index contributed by atoms with van der Waals surface area (Å²) in [5.41, 5.74) is 3.00. The van der Waals surface area contributed by atoms with Crippen LogP contribution >= 0.6 is 0 Å². The Morgan fingerprint density at radius 3 is 2.45 bits per heavy atom. The lowest BCUT2D eigenvalue weighted by Crippen LogP contribution is -2.43. The Hall–Kier alpha value is -3.41. The third kappa shape index (κ3) is 7.52. The van der Waals surface area contributed by atoms with Crippen molar-refractivity contribution >= 4 is 27.6 Å². The van der Waals surface area contributed by atoms with Crippen LogP contribution in [0, 0.1) is 18.7 Å². The summed E-state index contributed by atoms with van der Waals surface area (Å²) in [4.78, 5) is 18.7. The lowest BCUT2D eigenvalue weighted by molar-refractivity contribution is 0.0386. The van der Waals surface area contributed by atoms with E-state index in [9.17, 15) is 5.11 Å². The van der Waals surface area contributed by atoms with Gasteiger partial charge in [-0.2, -0.15) is 15.1 Å². The van der Waals surface area contributed by atoms with Gasteiger partial charge in [0.25, 0.3) is 0 Å². The molecule has 2 aliphatic heterocycles. The molecular formula is C36H50FN7O3. The van der Waals surface area contributed by atoms with Gasteiger partial charge in [-0.25, -0.2) is 4.39 Å². The Labute approximate surface area is 277 Å². The van der Waals surface area contributed by atoms with Crippen molar-refractivity contribution < 1.29 is 19.0 Å². The van der Waals surface area contributed by atoms with Crippen LogP contribution in [0.2, 0.25) is 0 Å². The molecule has 4 fully saturated rings. The minimum Gasteiger partial charge on any atom is -0.461 e. The van der Waals surface area contributed by atoms with Crippen LogP contribution in [0.5, 0.6) is 6.01 Å². The number of benzene rings is 1. The third-order valence-corrected chi connectivity index (χ3v) is 9.91. The monoisotopic (exact) mass is 647 g/mol. The zero-order valence-corrected chi connectivity index (χ0v) is 28.4. The molecule has 3 aromatic heterocycles. The van der Waals surface area contributed by atoms with Crippen molar-refractivity contribution in [1.29, 1.82) is 0 Å². The second-order valence-corrected chi connectivity index (χ2v) is 13.9. The first-order valence-electron chi connectivity index (χ1n) is 17.3. The van der Waals surface area contributed by atoms with Crippen molar-refractivity contribution in [3.05, 3.63) is 35.9 Å². The van der Waals surface area contributed by atoms with Gasteiger partial charge < -0.3 is 19.5 Å². The highest BCUT2D eigenvalue weighted by molar-refractivity contribution is 5.98. The molecule has 4 aromatic rings. The number of H-pyrrole nitrogens is 1. The summed E-state index contributed by atoms with van der Waals surface area (Å²) >= 11 is 0. The van der Waals surface area contributed by atoms with Crippen LogP contribution in [-0.4, -0.2) is 94.3 Å². The first kappa shape index (κ1) is 33.5. The maximum absolute atomic E-state index is 16.5. The van der Waals surface area contributed by atoms with Crippen LogP contribution in [0.25, 0.3) is 33.1 Å². The van der Waals surface area contributed by atoms with E-state index in [-0.39, 0.29) is 28.9 Å². The highest BCUT2D eigenvalue weighted by atomic mass is 19.1. The first-order valence-corrected chi connectivity index (χ1v) is 17.3. The van der Waals surface area contributed by atoms with E-state index in [2.05, 4.69) is 34.7 Å². The maximum atomic E-state index is 16.5. The Kier molecular flexibility index (Phi) is 10.5. The summed E-state index contributed by atoms with van der Waals surface area (Å²) in [5, 5.41) is 18.2. The smallest absolute Gasteiger partial charge is 0.319 e. The van der Waals surface area contributed by atoms with Gasteiger partial charge in [0.1, 0.15) is 23.6 Å². The number of aryl methyl sites for hydroxylation is 1. The second kappa shape index (κ2) is 14.8. The number of hydrogen-bond donors (Lipinski definition) is 2. The summed E-state index contributed by atoms with van der Waals surface area (Å²) in [5.74, 6) is 0.721. The molecule has 1 aromatic carbocycles. The van der Waals surface area contributed by atoms with Gasteiger partial charge in [-0.3, -0.25) is 15.0 Å². The molecule has 2 aliphatic carbocycles. The minimum atomic E-state index is -0.484. The molecule has 2 N–H and O–H groups in total. The van der Waals surface area contributed by atoms with Gasteiger partial charge in [0, 0.05) is 45.0 Å². The Morgan fingerprint density at radius 2 is 1.77 bits per heavy atom. The molecule has 0 spiro atoms. The second-order valence-electron chi connectivity index (χ2n) is 13.9. The molecule has 10 nitrogen and oxygen atoms in total. The predicted molar refractivity (Wildman–Crippen MR) is 183 cm³/mol. The number of aromatic amines is 1. The van der Waals surface area contributed by atoms with Gasteiger partial charge >= 0.3 is 6.01 Å². The van der Waals surface area contributed by atoms with Crippen LogP contribution < -0.4 is 9.64 Å². The summed E-state index contributed by atoms with van der Waals surface area (Å²) < 4.78 is 27.0. The van der Waals surface area contributed by atoms with Crippen LogP contribution in [0.4, 0.5) is 10.2 Å². The predicted octanol–water partition coefficient (Wildman–Crippen LogP) is 6.44. The van der Waals surface area contributed by atoms with Crippen molar-refractivity contribution in [2.45, 2.75) is 89.2 Å². The van der Waals surface area contributed by atoms with E-state index in [1.54, 1.807) is 26.6 Å². The number of anilines is 1. The number of fused-ring (bicyclic) bond motifs is 3. The van der Waals surface area contributed by atoms with Crippen molar-refractivity contribution in [2.75, 3.05) is 52.4 Å². The number of hydrogen-bond acceptors (Lipinski definition) is 9. The number of nitrogens with zero attached hydrogens (tertiary/aromatic N) is 6.